The zero-order valence-electron chi connectivity index (χ0n) is 15.0. The van der Waals surface area contributed by atoms with E-state index in [0.29, 0.717) is 17.9 Å². The fourth-order valence-corrected chi connectivity index (χ4v) is 2.90. The van der Waals surface area contributed by atoms with Crippen LogP contribution in [0.25, 0.3) is 0 Å². The summed E-state index contributed by atoms with van der Waals surface area (Å²) in [7, 11) is 0. The van der Waals surface area contributed by atoms with Gasteiger partial charge < -0.3 is 24.9 Å². The van der Waals surface area contributed by atoms with Crippen LogP contribution in [-0.4, -0.2) is 28.6 Å². The number of amides is 2. The zero-order valence-corrected chi connectivity index (χ0v) is 15.0. The number of ether oxygens (including phenoxy) is 1. The molecule has 2 amide bonds. The normalized spacial score (nSPS) is 15.7. The van der Waals surface area contributed by atoms with Crippen molar-refractivity contribution in [2.75, 3.05) is 0 Å². The molecular formula is C19H22N2O5. The number of benzene rings is 1. The van der Waals surface area contributed by atoms with Crippen molar-refractivity contribution in [2.24, 2.45) is 0 Å². The molecule has 3 rings (SSSR count). The molecule has 1 unspecified atom stereocenters. The van der Waals surface area contributed by atoms with Crippen LogP contribution >= 0.6 is 0 Å². The second-order valence-electron chi connectivity index (χ2n) is 6.98. The number of furan rings is 1. The second kappa shape index (κ2) is 6.74. The van der Waals surface area contributed by atoms with Gasteiger partial charge in [-0.2, -0.15) is 0 Å². The molecule has 1 aromatic carbocycles. The van der Waals surface area contributed by atoms with Crippen LogP contribution in [0.3, 0.4) is 0 Å². The number of phenols is 1. The summed E-state index contributed by atoms with van der Waals surface area (Å²) in [6.45, 7) is 5.63. The average Bonchev–Trinajstić information content (AvgIpc) is 3.19. The molecule has 7 heteroatoms. The first-order valence-corrected chi connectivity index (χ1v) is 8.41. The predicted molar refractivity (Wildman–Crippen MR) is 94.0 cm³/mol. The first kappa shape index (κ1) is 17.8. The van der Waals surface area contributed by atoms with E-state index in [0.717, 1.165) is 5.56 Å². The summed E-state index contributed by atoms with van der Waals surface area (Å²) in [6.07, 6.45) is 2.18. The predicted octanol–water partition coefficient (Wildman–Crippen LogP) is 2.13. The standard InChI is InChI=1S/C19H22N2O5/c1-11(17(23)20-10-13-5-4-8-25-13)21-18(24)14-7-6-12-9-19(2,3)26-16(12)15(14)22/h4-8,11,22H,9-10H2,1-3H3,(H,20,23)(H,21,24). The minimum absolute atomic E-state index is 0.0761. The summed E-state index contributed by atoms with van der Waals surface area (Å²) in [5, 5.41) is 15.6. The van der Waals surface area contributed by atoms with E-state index < -0.39 is 17.6 Å². The maximum atomic E-state index is 12.4. The van der Waals surface area contributed by atoms with Crippen LogP contribution in [0.4, 0.5) is 0 Å². The molecule has 1 aliphatic rings. The number of phenolic OH excluding ortho intramolecular Hbond substituents is 1. The van der Waals surface area contributed by atoms with Gasteiger partial charge in [0, 0.05) is 12.0 Å². The number of carbonyl (C=O) groups is 2. The number of fused-ring (bicyclic) bond motifs is 1. The summed E-state index contributed by atoms with van der Waals surface area (Å²) >= 11 is 0. The van der Waals surface area contributed by atoms with Crippen LogP contribution in [-0.2, 0) is 17.8 Å². The van der Waals surface area contributed by atoms with Gasteiger partial charge in [0.25, 0.3) is 5.91 Å². The highest BCUT2D eigenvalue weighted by molar-refractivity contribution is 6.00. The lowest BCUT2D eigenvalue weighted by Gasteiger charge is -2.18. The van der Waals surface area contributed by atoms with Gasteiger partial charge in [0.1, 0.15) is 17.4 Å². The van der Waals surface area contributed by atoms with Crippen molar-refractivity contribution in [3.8, 4) is 11.5 Å². The summed E-state index contributed by atoms with van der Waals surface area (Å²) in [6, 6.07) is 6.00. The third kappa shape index (κ3) is 3.66. The minimum atomic E-state index is -0.775. The van der Waals surface area contributed by atoms with E-state index in [1.165, 1.54) is 6.26 Å². The molecule has 0 saturated heterocycles. The van der Waals surface area contributed by atoms with Crippen molar-refractivity contribution >= 4 is 11.8 Å². The number of aromatic hydroxyl groups is 1. The fourth-order valence-electron chi connectivity index (χ4n) is 2.90. The molecule has 0 bridgehead atoms. The van der Waals surface area contributed by atoms with Gasteiger partial charge >= 0.3 is 0 Å². The van der Waals surface area contributed by atoms with Crippen molar-refractivity contribution in [2.45, 2.75) is 45.4 Å². The number of carbonyl (C=O) groups excluding carboxylic acids is 2. The van der Waals surface area contributed by atoms with E-state index >= 15 is 0 Å². The summed E-state index contributed by atoms with van der Waals surface area (Å²) in [5.41, 5.74) is 0.508. The Kier molecular flexibility index (Phi) is 4.63. The molecule has 0 radical (unpaired) electrons. The van der Waals surface area contributed by atoms with Crippen molar-refractivity contribution < 1.29 is 23.8 Å². The minimum Gasteiger partial charge on any atom is -0.504 e. The summed E-state index contributed by atoms with van der Waals surface area (Å²) in [5.74, 6) is -0.147. The first-order valence-electron chi connectivity index (χ1n) is 8.41. The lowest BCUT2D eigenvalue weighted by atomic mass is 10.00. The second-order valence-corrected chi connectivity index (χ2v) is 6.98. The molecule has 0 saturated carbocycles. The fraction of sp³-hybridized carbons (Fsp3) is 0.368. The van der Waals surface area contributed by atoms with Crippen LogP contribution in [0, 0.1) is 0 Å². The molecule has 1 aliphatic heterocycles. The van der Waals surface area contributed by atoms with Gasteiger partial charge in [-0.3, -0.25) is 9.59 Å². The maximum absolute atomic E-state index is 12.4. The van der Waals surface area contributed by atoms with E-state index in [-0.39, 0.29) is 23.8 Å². The monoisotopic (exact) mass is 358 g/mol. The average molecular weight is 358 g/mol. The topological polar surface area (TPSA) is 101 Å². The van der Waals surface area contributed by atoms with Crippen LogP contribution < -0.4 is 15.4 Å². The molecule has 3 N–H and O–H groups in total. The first-order chi connectivity index (χ1) is 12.3. The maximum Gasteiger partial charge on any atom is 0.255 e. The quantitative estimate of drug-likeness (QED) is 0.760. The van der Waals surface area contributed by atoms with Crippen molar-refractivity contribution in [1.29, 1.82) is 0 Å². The van der Waals surface area contributed by atoms with Gasteiger partial charge in [0.15, 0.2) is 11.5 Å². The number of hydrogen-bond acceptors (Lipinski definition) is 5. The Bertz CT molecular complexity index is 827. The molecule has 0 aliphatic carbocycles. The molecule has 1 aromatic heterocycles. The Morgan fingerprint density at radius 2 is 2.08 bits per heavy atom. The Labute approximate surface area is 151 Å². The summed E-state index contributed by atoms with van der Waals surface area (Å²) in [4.78, 5) is 24.6. The highest BCUT2D eigenvalue weighted by Crippen LogP contribution is 2.43. The Balaban J connectivity index is 1.64. The smallest absolute Gasteiger partial charge is 0.255 e. The Hall–Kier alpha value is -2.96. The van der Waals surface area contributed by atoms with E-state index in [2.05, 4.69) is 10.6 Å². The largest absolute Gasteiger partial charge is 0.504 e. The Morgan fingerprint density at radius 1 is 1.31 bits per heavy atom. The van der Waals surface area contributed by atoms with Gasteiger partial charge in [-0.15, -0.1) is 0 Å². The molecule has 0 fully saturated rings. The lowest BCUT2D eigenvalue weighted by Crippen LogP contribution is -2.44. The van der Waals surface area contributed by atoms with Gasteiger partial charge in [-0.1, -0.05) is 6.07 Å². The van der Waals surface area contributed by atoms with Gasteiger partial charge in [0.2, 0.25) is 5.91 Å². The SMILES string of the molecule is CC(NC(=O)c1ccc2c(c1O)OC(C)(C)C2)C(=O)NCc1ccco1. The van der Waals surface area contributed by atoms with E-state index in [4.69, 9.17) is 9.15 Å². The van der Waals surface area contributed by atoms with Crippen LogP contribution in [0.1, 0.15) is 42.5 Å². The van der Waals surface area contributed by atoms with Gasteiger partial charge in [-0.25, -0.2) is 0 Å². The van der Waals surface area contributed by atoms with Crippen molar-refractivity contribution in [3.63, 3.8) is 0 Å². The molecule has 0 spiro atoms. The van der Waals surface area contributed by atoms with Gasteiger partial charge in [-0.05, 0) is 39.0 Å². The third-order valence-electron chi connectivity index (χ3n) is 4.21. The molecule has 7 nitrogen and oxygen atoms in total. The van der Waals surface area contributed by atoms with Crippen molar-refractivity contribution in [3.05, 3.63) is 47.4 Å². The molecule has 26 heavy (non-hydrogen) atoms. The highest BCUT2D eigenvalue weighted by atomic mass is 16.5. The number of nitrogens with one attached hydrogen (secondary N) is 2. The third-order valence-corrected chi connectivity index (χ3v) is 4.21. The van der Waals surface area contributed by atoms with Crippen LogP contribution in [0.2, 0.25) is 0 Å². The zero-order chi connectivity index (χ0) is 18.9. The molecule has 2 aromatic rings. The number of hydrogen-bond donors (Lipinski definition) is 3. The highest BCUT2D eigenvalue weighted by Gasteiger charge is 2.34. The lowest BCUT2D eigenvalue weighted by molar-refractivity contribution is -0.122. The van der Waals surface area contributed by atoms with Crippen LogP contribution in [0.5, 0.6) is 11.5 Å². The van der Waals surface area contributed by atoms with E-state index in [1.54, 1.807) is 31.2 Å². The van der Waals surface area contributed by atoms with Crippen molar-refractivity contribution in [1.82, 2.24) is 10.6 Å². The molecule has 138 valence electrons. The Morgan fingerprint density at radius 3 is 2.77 bits per heavy atom. The van der Waals surface area contributed by atoms with E-state index in [1.807, 2.05) is 13.8 Å². The molecule has 1 atom stereocenters. The molecular weight excluding hydrogens is 336 g/mol. The van der Waals surface area contributed by atoms with E-state index in [9.17, 15) is 14.7 Å². The van der Waals surface area contributed by atoms with Gasteiger partial charge in [0.05, 0.1) is 18.4 Å². The number of rotatable bonds is 5. The van der Waals surface area contributed by atoms with Crippen LogP contribution in [0.15, 0.2) is 34.9 Å². The summed E-state index contributed by atoms with van der Waals surface area (Å²) < 4.78 is 10.9. The molecule has 2 heterocycles.